The standard InChI is InChI=1S/C22H25NO3S.ClH/c1-23-16-7-8-17(23)13-19(12-16)26-22(24)21(14-20-4-3-11-27-20)15-5-9-18(25-2)10-6-15;/h3-6,9-11,14,16-17,19H,7-8,12-13H2,1-2H3;1H/b21-14-;. The first-order valence-corrected chi connectivity index (χ1v) is 10.3. The van der Waals surface area contributed by atoms with Gasteiger partial charge in [0, 0.05) is 29.8 Å². The summed E-state index contributed by atoms with van der Waals surface area (Å²) in [5, 5.41) is 2.01. The minimum absolute atomic E-state index is 0. The van der Waals surface area contributed by atoms with Crippen LogP contribution in [-0.2, 0) is 9.53 Å². The molecule has 3 heterocycles. The quantitative estimate of drug-likeness (QED) is 0.511. The number of methoxy groups -OCH3 is 1. The summed E-state index contributed by atoms with van der Waals surface area (Å²) < 4.78 is 11.2. The zero-order chi connectivity index (χ0) is 18.8. The highest BCUT2D eigenvalue weighted by Gasteiger charge is 2.40. The largest absolute Gasteiger partial charge is 0.497 e. The summed E-state index contributed by atoms with van der Waals surface area (Å²) in [6, 6.07) is 12.7. The van der Waals surface area contributed by atoms with E-state index in [9.17, 15) is 4.79 Å². The Morgan fingerprint density at radius 3 is 2.39 bits per heavy atom. The molecular formula is C22H26ClNO3S. The fourth-order valence-electron chi connectivity index (χ4n) is 4.22. The fraction of sp³-hybridized carbons (Fsp3) is 0.409. The number of hydrogen-bond acceptors (Lipinski definition) is 5. The van der Waals surface area contributed by atoms with Crippen LogP contribution in [0.5, 0.6) is 5.75 Å². The van der Waals surface area contributed by atoms with Crippen molar-refractivity contribution < 1.29 is 14.3 Å². The molecule has 1 aromatic heterocycles. The third kappa shape index (κ3) is 4.43. The van der Waals surface area contributed by atoms with Gasteiger partial charge >= 0.3 is 5.97 Å². The predicted octanol–water partition coefficient (Wildman–Crippen LogP) is 4.89. The van der Waals surface area contributed by atoms with Gasteiger partial charge in [0.25, 0.3) is 0 Å². The van der Waals surface area contributed by atoms with Crippen LogP contribution in [0, 0.1) is 0 Å². The first-order chi connectivity index (χ1) is 13.1. The van der Waals surface area contributed by atoms with Gasteiger partial charge in [-0.15, -0.1) is 23.7 Å². The number of ether oxygens (including phenoxy) is 2. The molecule has 150 valence electrons. The summed E-state index contributed by atoms with van der Waals surface area (Å²) in [5.74, 6) is 0.539. The molecule has 0 N–H and O–H groups in total. The molecule has 4 nitrogen and oxygen atoms in total. The summed E-state index contributed by atoms with van der Waals surface area (Å²) in [7, 11) is 3.83. The van der Waals surface area contributed by atoms with Crippen molar-refractivity contribution in [1.82, 2.24) is 4.90 Å². The SMILES string of the molecule is COc1ccc(/C(=C/c2cccs2)C(=O)OC2CC3CCC(C2)N3C)cc1.Cl. The molecule has 0 radical (unpaired) electrons. The van der Waals surface area contributed by atoms with Gasteiger partial charge in [0.05, 0.1) is 12.7 Å². The van der Waals surface area contributed by atoms with Crippen LogP contribution in [0.25, 0.3) is 11.6 Å². The Labute approximate surface area is 176 Å². The van der Waals surface area contributed by atoms with Crippen molar-refractivity contribution in [3.8, 4) is 5.75 Å². The van der Waals surface area contributed by atoms with Crippen molar-refractivity contribution >= 4 is 41.4 Å². The molecule has 2 aliphatic rings. The smallest absolute Gasteiger partial charge is 0.339 e. The van der Waals surface area contributed by atoms with Crippen LogP contribution in [0.15, 0.2) is 41.8 Å². The van der Waals surface area contributed by atoms with Crippen molar-refractivity contribution in [1.29, 1.82) is 0 Å². The second kappa shape index (κ2) is 9.12. The Hall–Kier alpha value is -1.82. The molecule has 1 aromatic carbocycles. The molecule has 2 atom stereocenters. The van der Waals surface area contributed by atoms with Gasteiger partial charge in [-0.2, -0.15) is 0 Å². The first kappa shape index (κ1) is 20.9. The van der Waals surface area contributed by atoms with E-state index in [2.05, 4.69) is 11.9 Å². The highest BCUT2D eigenvalue weighted by molar-refractivity contribution is 7.11. The molecule has 2 bridgehead atoms. The Balaban J connectivity index is 0.00000225. The number of hydrogen-bond donors (Lipinski definition) is 0. The summed E-state index contributed by atoms with van der Waals surface area (Å²) in [6.07, 6.45) is 6.24. The van der Waals surface area contributed by atoms with Crippen LogP contribution in [0.1, 0.15) is 36.1 Å². The van der Waals surface area contributed by atoms with Crippen LogP contribution < -0.4 is 4.74 Å². The normalized spacial score (nSPS) is 24.5. The number of fused-ring (bicyclic) bond motifs is 2. The van der Waals surface area contributed by atoms with E-state index in [1.54, 1.807) is 18.4 Å². The van der Waals surface area contributed by atoms with Crippen LogP contribution in [0.3, 0.4) is 0 Å². The van der Waals surface area contributed by atoms with Crippen LogP contribution in [0.2, 0.25) is 0 Å². The highest BCUT2D eigenvalue weighted by Crippen LogP contribution is 2.36. The predicted molar refractivity (Wildman–Crippen MR) is 116 cm³/mol. The topological polar surface area (TPSA) is 38.8 Å². The van der Waals surface area contributed by atoms with Crippen molar-refractivity contribution in [2.45, 2.75) is 43.9 Å². The average Bonchev–Trinajstić information content (AvgIpc) is 3.25. The van der Waals surface area contributed by atoms with E-state index >= 15 is 0 Å². The van der Waals surface area contributed by atoms with Gasteiger partial charge in [-0.05, 0) is 55.1 Å². The lowest BCUT2D eigenvalue weighted by atomic mass is 10.00. The Morgan fingerprint density at radius 1 is 1.14 bits per heavy atom. The lowest BCUT2D eigenvalue weighted by Gasteiger charge is -2.35. The van der Waals surface area contributed by atoms with Gasteiger partial charge < -0.3 is 14.4 Å². The minimum Gasteiger partial charge on any atom is -0.497 e. The fourth-order valence-corrected chi connectivity index (χ4v) is 4.88. The molecule has 2 aromatic rings. The molecule has 0 spiro atoms. The third-order valence-corrected chi connectivity index (χ3v) is 6.60. The van der Waals surface area contributed by atoms with Gasteiger partial charge in [0.15, 0.2) is 0 Å². The van der Waals surface area contributed by atoms with Crippen molar-refractivity contribution in [2.75, 3.05) is 14.2 Å². The van der Waals surface area contributed by atoms with E-state index in [-0.39, 0.29) is 24.5 Å². The minimum atomic E-state index is -0.234. The molecule has 4 rings (SSSR count). The summed E-state index contributed by atoms with van der Waals surface area (Å²) in [5.41, 5.74) is 1.46. The molecule has 0 amide bonds. The number of rotatable bonds is 5. The zero-order valence-corrected chi connectivity index (χ0v) is 17.8. The van der Waals surface area contributed by atoms with Crippen molar-refractivity contribution in [2.24, 2.45) is 0 Å². The second-order valence-corrected chi connectivity index (χ2v) is 8.33. The summed E-state index contributed by atoms with van der Waals surface area (Å²) in [6.45, 7) is 0. The molecule has 2 saturated heterocycles. The van der Waals surface area contributed by atoms with E-state index in [4.69, 9.17) is 9.47 Å². The van der Waals surface area contributed by atoms with Crippen LogP contribution in [0.4, 0.5) is 0 Å². The van der Waals surface area contributed by atoms with Crippen LogP contribution >= 0.6 is 23.7 Å². The molecule has 0 aliphatic carbocycles. The maximum atomic E-state index is 13.1. The zero-order valence-electron chi connectivity index (χ0n) is 16.2. The van der Waals surface area contributed by atoms with E-state index in [0.29, 0.717) is 17.7 Å². The lowest BCUT2D eigenvalue weighted by molar-refractivity contribution is -0.144. The number of halogens is 1. The van der Waals surface area contributed by atoms with Gasteiger partial charge in [0.1, 0.15) is 11.9 Å². The molecule has 2 unspecified atom stereocenters. The van der Waals surface area contributed by atoms with E-state index < -0.39 is 0 Å². The van der Waals surface area contributed by atoms with E-state index in [1.165, 1.54) is 12.8 Å². The highest BCUT2D eigenvalue weighted by atomic mass is 35.5. The monoisotopic (exact) mass is 419 g/mol. The number of carbonyl (C=O) groups is 1. The van der Waals surface area contributed by atoms with Crippen LogP contribution in [-0.4, -0.2) is 43.2 Å². The van der Waals surface area contributed by atoms with Gasteiger partial charge in [0.2, 0.25) is 0 Å². The van der Waals surface area contributed by atoms with Gasteiger partial charge in [-0.25, -0.2) is 4.79 Å². The third-order valence-electron chi connectivity index (χ3n) is 5.78. The summed E-state index contributed by atoms with van der Waals surface area (Å²) in [4.78, 5) is 16.6. The van der Waals surface area contributed by atoms with Crippen molar-refractivity contribution in [3.05, 3.63) is 52.2 Å². The molecule has 2 aliphatic heterocycles. The first-order valence-electron chi connectivity index (χ1n) is 9.46. The Kier molecular flexibility index (Phi) is 6.81. The Morgan fingerprint density at radius 2 is 1.82 bits per heavy atom. The van der Waals surface area contributed by atoms with Gasteiger partial charge in [-0.3, -0.25) is 0 Å². The number of carbonyl (C=O) groups excluding carboxylic acids is 1. The molecule has 0 saturated carbocycles. The van der Waals surface area contributed by atoms with E-state index in [1.807, 2.05) is 47.9 Å². The van der Waals surface area contributed by atoms with E-state index in [0.717, 1.165) is 29.0 Å². The second-order valence-electron chi connectivity index (χ2n) is 7.35. The maximum absolute atomic E-state index is 13.1. The maximum Gasteiger partial charge on any atom is 0.339 e. The number of esters is 1. The number of piperidine rings is 1. The number of benzene rings is 1. The lowest BCUT2D eigenvalue weighted by Crippen LogP contribution is -2.43. The number of thiophene rings is 1. The Bertz CT molecular complexity index is 805. The average molecular weight is 420 g/mol. The molecule has 28 heavy (non-hydrogen) atoms. The number of nitrogens with zero attached hydrogens (tertiary/aromatic N) is 1. The van der Waals surface area contributed by atoms with Crippen molar-refractivity contribution in [3.63, 3.8) is 0 Å². The molecule has 6 heteroatoms. The molecule has 2 fully saturated rings. The molecular weight excluding hydrogens is 394 g/mol. The summed E-state index contributed by atoms with van der Waals surface area (Å²) >= 11 is 1.61. The van der Waals surface area contributed by atoms with Gasteiger partial charge in [-0.1, -0.05) is 18.2 Å².